The molecular weight excluding hydrogens is 401 g/mol. The number of methoxy groups -OCH3 is 1. The lowest BCUT2D eigenvalue weighted by Gasteiger charge is -2.26. The fourth-order valence-electron chi connectivity index (χ4n) is 2.13. The molecule has 2 rings (SSSR count). The van der Waals surface area contributed by atoms with Crippen molar-refractivity contribution in [3.8, 4) is 0 Å². The largest absolute Gasteiger partial charge is 0.380 e. The first-order valence-corrected chi connectivity index (χ1v) is 9.16. The molecule has 116 valence electrons. The van der Waals surface area contributed by atoms with Crippen LogP contribution in [0.25, 0.3) is 0 Å². The van der Waals surface area contributed by atoms with E-state index >= 15 is 0 Å². The summed E-state index contributed by atoms with van der Waals surface area (Å²) in [6.45, 7) is 1.21. The van der Waals surface area contributed by atoms with Crippen LogP contribution >= 0.6 is 39.1 Å². The van der Waals surface area contributed by atoms with E-state index in [9.17, 15) is 8.42 Å². The van der Waals surface area contributed by atoms with Crippen molar-refractivity contribution in [1.29, 1.82) is 0 Å². The summed E-state index contributed by atoms with van der Waals surface area (Å²) >= 11 is 15.4. The average molecular weight is 415 g/mol. The molecule has 8 heteroatoms. The monoisotopic (exact) mass is 413 g/mol. The first-order chi connectivity index (χ1) is 9.86. The summed E-state index contributed by atoms with van der Waals surface area (Å²) in [5, 5.41) is 0.224. The van der Waals surface area contributed by atoms with Gasteiger partial charge in [-0.25, -0.2) is 8.42 Å². The van der Waals surface area contributed by atoms with Crippen molar-refractivity contribution in [2.24, 2.45) is 0 Å². The quantitative estimate of drug-likeness (QED) is 0.705. The average Bonchev–Trinajstić information content (AvgIpc) is 2.38. The molecule has 0 radical (unpaired) electrons. The van der Waals surface area contributed by atoms with Crippen molar-refractivity contribution in [2.75, 3.05) is 26.8 Å². The van der Waals surface area contributed by atoms with E-state index < -0.39 is 10.0 Å². The van der Waals surface area contributed by atoms with Gasteiger partial charge in [-0.15, -0.1) is 0 Å². The van der Waals surface area contributed by atoms with Crippen molar-refractivity contribution >= 4 is 49.2 Å². The van der Waals surface area contributed by atoms with Crippen LogP contribution in [0.3, 0.4) is 0 Å². The molecule has 0 saturated heterocycles. The topological polar surface area (TPSA) is 46.6 Å². The molecule has 0 spiro atoms. The third-order valence-electron chi connectivity index (χ3n) is 3.16. The molecule has 0 aliphatic carbocycles. The molecule has 0 saturated carbocycles. The van der Waals surface area contributed by atoms with E-state index in [2.05, 4.69) is 15.9 Å². The minimum Gasteiger partial charge on any atom is -0.380 e. The van der Waals surface area contributed by atoms with Gasteiger partial charge in [0.2, 0.25) is 10.0 Å². The van der Waals surface area contributed by atoms with Gasteiger partial charge < -0.3 is 4.74 Å². The van der Waals surface area contributed by atoms with E-state index in [-0.39, 0.29) is 14.9 Å². The summed E-state index contributed by atoms with van der Waals surface area (Å²) in [4.78, 5) is -0.0439. The summed E-state index contributed by atoms with van der Waals surface area (Å²) in [5.41, 5.74) is 1.09. The molecule has 0 bridgehead atoms. The van der Waals surface area contributed by atoms with Gasteiger partial charge in [-0.05, 0) is 24.1 Å². The molecular formula is C13H14BrCl2NO3S. The third-order valence-corrected chi connectivity index (χ3v) is 6.40. The van der Waals surface area contributed by atoms with E-state index in [1.165, 1.54) is 16.4 Å². The molecule has 0 unspecified atom stereocenters. The van der Waals surface area contributed by atoms with E-state index in [4.69, 9.17) is 27.9 Å². The normalized spacial score (nSPS) is 16.9. The molecule has 1 aromatic rings. The van der Waals surface area contributed by atoms with E-state index in [0.717, 1.165) is 5.57 Å². The number of rotatable bonds is 4. The minimum absolute atomic E-state index is 0.0439. The van der Waals surface area contributed by atoms with E-state index in [1.54, 1.807) is 7.11 Å². The zero-order valence-electron chi connectivity index (χ0n) is 11.3. The minimum atomic E-state index is -3.72. The van der Waals surface area contributed by atoms with Gasteiger partial charge in [0.25, 0.3) is 0 Å². The van der Waals surface area contributed by atoms with Crippen molar-refractivity contribution in [1.82, 2.24) is 4.31 Å². The van der Waals surface area contributed by atoms with Gasteiger partial charge in [0.1, 0.15) is 4.90 Å². The Hall–Kier alpha value is -0.110. The zero-order chi connectivity index (χ0) is 15.6. The summed E-state index contributed by atoms with van der Waals surface area (Å²) in [5.74, 6) is 0. The number of ether oxygens (including phenoxy) is 1. The number of benzene rings is 1. The summed E-state index contributed by atoms with van der Waals surface area (Å²) < 4.78 is 32.4. The number of hydrogen-bond acceptors (Lipinski definition) is 3. The predicted octanol–water partition coefficient (Wildman–Crippen LogP) is 3.72. The van der Waals surface area contributed by atoms with Crippen LogP contribution in [-0.2, 0) is 14.8 Å². The fourth-order valence-corrected chi connectivity index (χ4v) is 5.40. The van der Waals surface area contributed by atoms with Crippen LogP contribution in [0.2, 0.25) is 10.0 Å². The second-order valence-corrected chi connectivity index (χ2v) is 8.21. The highest BCUT2D eigenvalue weighted by molar-refractivity contribution is 9.10. The number of nitrogens with zero attached hydrogens (tertiary/aromatic N) is 1. The lowest BCUT2D eigenvalue weighted by Crippen LogP contribution is -2.35. The molecule has 1 heterocycles. The molecule has 4 nitrogen and oxygen atoms in total. The van der Waals surface area contributed by atoms with Crippen LogP contribution in [-0.4, -0.2) is 39.5 Å². The highest BCUT2D eigenvalue weighted by Crippen LogP contribution is 2.35. The molecule has 0 atom stereocenters. The Bertz CT molecular complexity index is 653. The van der Waals surface area contributed by atoms with Gasteiger partial charge in [-0.3, -0.25) is 0 Å². The standard InChI is InChI=1S/C13H14BrCl2NO3S/c1-20-8-9-2-4-17(5-3-9)21(18,19)13-11(15)6-10(14)7-12(13)16/h2,6-7H,3-5,8H2,1H3. The summed E-state index contributed by atoms with van der Waals surface area (Å²) in [6, 6.07) is 3.05. The van der Waals surface area contributed by atoms with Crippen molar-refractivity contribution in [3.05, 3.63) is 38.3 Å². The predicted molar refractivity (Wildman–Crippen MR) is 87.5 cm³/mol. The van der Waals surface area contributed by atoms with Gasteiger partial charge in [0.15, 0.2) is 0 Å². The second-order valence-electron chi connectivity index (χ2n) is 4.61. The molecule has 0 fully saturated rings. The maximum Gasteiger partial charge on any atom is 0.246 e. The maximum absolute atomic E-state index is 12.7. The van der Waals surface area contributed by atoms with Gasteiger partial charge in [0.05, 0.1) is 16.7 Å². The molecule has 21 heavy (non-hydrogen) atoms. The molecule has 0 N–H and O–H groups in total. The highest BCUT2D eigenvalue weighted by atomic mass is 79.9. The Kier molecular flexibility index (Phi) is 5.73. The highest BCUT2D eigenvalue weighted by Gasteiger charge is 2.30. The van der Waals surface area contributed by atoms with Gasteiger partial charge >= 0.3 is 0 Å². The smallest absolute Gasteiger partial charge is 0.246 e. The van der Waals surface area contributed by atoms with Crippen LogP contribution < -0.4 is 0 Å². The second kappa shape index (κ2) is 6.98. The Morgan fingerprint density at radius 1 is 1.33 bits per heavy atom. The van der Waals surface area contributed by atoms with Gasteiger partial charge in [-0.1, -0.05) is 45.2 Å². The number of hydrogen-bond donors (Lipinski definition) is 0. The van der Waals surface area contributed by atoms with Crippen LogP contribution in [0, 0.1) is 0 Å². The summed E-state index contributed by atoms with van der Waals surface area (Å²) in [7, 11) is -2.10. The first-order valence-electron chi connectivity index (χ1n) is 6.18. The molecule has 1 aromatic carbocycles. The van der Waals surface area contributed by atoms with E-state index in [1.807, 2.05) is 6.08 Å². The third kappa shape index (κ3) is 3.81. The molecule has 0 aromatic heterocycles. The molecule has 0 amide bonds. The first kappa shape index (κ1) is 17.2. The van der Waals surface area contributed by atoms with Crippen molar-refractivity contribution in [3.63, 3.8) is 0 Å². The van der Waals surface area contributed by atoms with Crippen LogP contribution in [0.4, 0.5) is 0 Å². The Balaban J connectivity index is 2.32. The Morgan fingerprint density at radius 3 is 2.43 bits per heavy atom. The van der Waals surface area contributed by atoms with Crippen molar-refractivity contribution in [2.45, 2.75) is 11.3 Å². The number of sulfonamides is 1. The van der Waals surface area contributed by atoms with Gasteiger partial charge in [-0.2, -0.15) is 4.31 Å². The Labute approximate surface area is 142 Å². The lowest BCUT2D eigenvalue weighted by atomic mass is 10.1. The van der Waals surface area contributed by atoms with Crippen LogP contribution in [0.5, 0.6) is 0 Å². The van der Waals surface area contributed by atoms with Crippen LogP contribution in [0.15, 0.2) is 33.2 Å². The fraction of sp³-hybridized carbons (Fsp3) is 0.385. The summed E-state index contributed by atoms with van der Waals surface area (Å²) in [6.07, 6.45) is 2.50. The maximum atomic E-state index is 12.7. The number of halogens is 3. The SMILES string of the molecule is COCC1=CCN(S(=O)(=O)c2c(Cl)cc(Br)cc2Cl)CC1. The van der Waals surface area contributed by atoms with Crippen LogP contribution in [0.1, 0.15) is 6.42 Å². The lowest BCUT2D eigenvalue weighted by molar-refractivity contribution is 0.219. The molecule has 1 aliphatic rings. The van der Waals surface area contributed by atoms with Crippen molar-refractivity contribution < 1.29 is 13.2 Å². The molecule has 1 aliphatic heterocycles. The zero-order valence-corrected chi connectivity index (χ0v) is 15.2. The van der Waals surface area contributed by atoms with Gasteiger partial charge in [0, 0.05) is 24.7 Å². The Morgan fingerprint density at radius 2 is 1.95 bits per heavy atom. The van der Waals surface area contributed by atoms with E-state index in [0.29, 0.717) is 30.6 Å².